The van der Waals surface area contributed by atoms with Crippen molar-refractivity contribution < 1.29 is 9.90 Å². The molecule has 0 saturated heterocycles. The molecule has 0 aliphatic carbocycles. The van der Waals surface area contributed by atoms with E-state index < -0.39 is 12.0 Å². The molecule has 0 spiro atoms. The molecule has 1 aromatic carbocycles. The number of carboxylic acids is 1. The van der Waals surface area contributed by atoms with E-state index in [0.717, 1.165) is 5.69 Å². The van der Waals surface area contributed by atoms with Gasteiger partial charge in [0.15, 0.2) is 5.82 Å². The molecule has 2 N–H and O–H groups in total. The Morgan fingerprint density at radius 3 is 2.83 bits per heavy atom. The predicted octanol–water partition coefficient (Wildman–Crippen LogP) is 0.225. The topological polar surface area (TPSA) is 92.9 Å². The number of para-hydroxylation sites is 1. The number of benzene rings is 1. The van der Waals surface area contributed by atoms with E-state index >= 15 is 0 Å². The van der Waals surface area contributed by atoms with E-state index in [2.05, 4.69) is 20.8 Å². The molecule has 0 radical (unpaired) electrons. The fourth-order valence-electron chi connectivity index (χ4n) is 1.42. The Kier molecular flexibility index (Phi) is 3.63. The predicted molar refractivity (Wildman–Crippen MR) is 63.1 cm³/mol. The van der Waals surface area contributed by atoms with Gasteiger partial charge in [0.05, 0.1) is 12.2 Å². The van der Waals surface area contributed by atoms with E-state index in [9.17, 15) is 4.79 Å². The quantitative estimate of drug-likeness (QED) is 0.785. The largest absolute Gasteiger partial charge is 0.480 e. The van der Waals surface area contributed by atoms with Crippen LogP contribution in [-0.4, -0.2) is 37.3 Å². The highest BCUT2D eigenvalue weighted by molar-refractivity contribution is 5.72. The first-order valence-corrected chi connectivity index (χ1v) is 5.47. The number of hydrogen-bond acceptors (Lipinski definition) is 5. The number of carbonyl (C=O) groups is 1. The van der Waals surface area contributed by atoms with Crippen LogP contribution in [0.1, 0.15) is 12.7 Å². The molecule has 1 atom stereocenters. The second-order valence-corrected chi connectivity index (χ2v) is 3.78. The summed E-state index contributed by atoms with van der Waals surface area (Å²) >= 11 is 0. The van der Waals surface area contributed by atoms with Crippen LogP contribution in [0.3, 0.4) is 0 Å². The summed E-state index contributed by atoms with van der Waals surface area (Å²) in [7, 11) is 0. The highest BCUT2D eigenvalue weighted by Gasteiger charge is 2.13. The molecule has 1 heterocycles. The molecule has 2 rings (SSSR count). The highest BCUT2D eigenvalue weighted by Crippen LogP contribution is 2.06. The van der Waals surface area contributed by atoms with Crippen molar-refractivity contribution in [3.63, 3.8) is 0 Å². The standard InChI is InChI=1S/C11H13N5O2/c1-8(11(17)18)12-7-10-13-14-15-16(10)9-5-3-2-4-6-9/h2-6,8,12H,7H2,1H3,(H,17,18)/t8-/m0/s1. The molecule has 1 aromatic heterocycles. The fraction of sp³-hybridized carbons (Fsp3) is 0.273. The fourth-order valence-corrected chi connectivity index (χ4v) is 1.42. The number of hydrogen-bond donors (Lipinski definition) is 2. The lowest BCUT2D eigenvalue weighted by atomic mass is 10.3. The number of nitrogens with zero attached hydrogens (tertiary/aromatic N) is 4. The molecule has 94 valence electrons. The Bertz CT molecular complexity index is 525. The van der Waals surface area contributed by atoms with Crippen LogP contribution in [0.4, 0.5) is 0 Å². The molecule has 0 unspecified atom stereocenters. The first-order valence-electron chi connectivity index (χ1n) is 5.47. The van der Waals surface area contributed by atoms with Gasteiger partial charge < -0.3 is 5.11 Å². The van der Waals surface area contributed by atoms with Gasteiger partial charge >= 0.3 is 5.97 Å². The minimum absolute atomic E-state index is 0.287. The maximum Gasteiger partial charge on any atom is 0.320 e. The lowest BCUT2D eigenvalue weighted by Crippen LogP contribution is -2.33. The van der Waals surface area contributed by atoms with Crippen LogP contribution >= 0.6 is 0 Å². The van der Waals surface area contributed by atoms with Crippen LogP contribution in [0.15, 0.2) is 30.3 Å². The van der Waals surface area contributed by atoms with Crippen LogP contribution in [-0.2, 0) is 11.3 Å². The normalized spacial score (nSPS) is 12.3. The van der Waals surface area contributed by atoms with Crippen molar-refractivity contribution in [3.8, 4) is 5.69 Å². The zero-order valence-corrected chi connectivity index (χ0v) is 9.82. The van der Waals surface area contributed by atoms with Gasteiger partial charge in [0.1, 0.15) is 6.04 Å². The summed E-state index contributed by atoms with van der Waals surface area (Å²) in [4.78, 5) is 10.7. The summed E-state index contributed by atoms with van der Waals surface area (Å²) in [6, 6.07) is 8.77. The van der Waals surface area contributed by atoms with E-state index in [4.69, 9.17) is 5.11 Å². The third-order valence-corrected chi connectivity index (χ3v) is 2.47. The van der Waals surface area contributed by atoms with E-state index in [1.165, 1.54) is 0 Å². The van der Waals surface area contributed by atoms with Crippen LogP contribution < -0.4 is 5.32 Å². The zero-order chi connectivity index (χ0) is 13.0. The van der Waals surface area contributed by atoms with Gasteiger partial charge in [0, 0.05) is 0 Å². The summed E-state index contributed by atoms with van der Waals surface area (Å²) in [6.07, 6.45) is 0. The van der Waals surface area contributed by atoms with E-state index in [1.807, 2.05) is 30.3 Å². The first-order chi connectivity index (χ1) is 8.68. The van der Waals surface area contributed by atoms with Gasteiger partial charge in [-0.1, -0.05) is 18.2 Å². The third kappa shape index (κ3) is 2.69. The summed E-state index contributed by atoms with van der Waals surface area (Å²) in [5, 5.41) is 23.0. The Morgan fingerprint density at radius 1 is 1.44 bits per heavy atom. The van der Waals surface area contributed by atoms with Crippen molar-refractivity contribution in [1.82, 2.24) is 25.5 Å². The monoisotopic (exact) mass is 247 g/mol. The van der Waals surface area contributed by atoms with Crippen molar-refractivity contribution in [3.05, 3.63) is 36.2 Å². The molecule has 7 heteroatoms. The number of carboxylic acid groups (broad SMARTS) is 1. The first kappa shape index (κ1) is 12.2. The molecule has 0 saturated carbocycles. The minimum atomic E-state index is -0.909. The SMILES string of the molecule is C[C@H](NCc1nnnn1-c1ccccc1)C(=O)O. The molecule has 2 aromatic rings. The summed E-state index contributed by atoms with van der Waals surface area (Å²) in [5.74, 6) is -0.344. The van der Waals surface area contributed by atoms with Gasteiger partial charge in [-0.15, -0.1) is 5.10 Å². The molecule has 0 bridgehead atoms. The number of aliphatic carboxylic acids is 1. The maximum absolute atomic E-state index is 10.7. The molecule has 7 nitrogen and oxygen atoms in total. The van der Waals surface area contributed by atoms with E-state index in [1.54, 1.807) is 11.6 Å². The van der Waals surface area contributed by atoms with Crippen molar-refractivity contribution in [2.75, 3.05) is 0 Å². The van der Waals surface area contributed by atoms with Crippen LogP contribution in [0.25, 0.3) is 5.69 Å². The molecular weight excluding hydrogens is 234 g/mol. The minimum Gasteiger partial charge on any atom is -0.480 e. The second kappa shape index (κ2) is 5.37. The van der Waals surface area contributed by atoms with Crippen LogP contribution in [0, 0.1) is 0 Å². The van der Waals surface area contributed by atoms with Crippen LogP contribution in [0.2, 0.25) is 0 Å². The smallest absolute Gasteiger partial charge is 0.320 e. The Balaban J connectivity index is 2.12. The number of nitrogens with one attached hydrogen (secondary N) is 1. The van der Waals surface area contributed by atoms with Crippen molar-refractivity contribution in [2.24, 2.45) is 0 Å². The van der Waals surface area contributed by atoms with E-state index in [-0.39, 0.29) is 6.54 Å². The number of rotatable bonds is 5. The van der Waals surface area contributed by atoms with Gasteiger partial charge in [-0.3, -0.25) is 10.1 Å². The van der Waals surface area contributed by atoms with Gasteiger partial charge in [-0.25, -0.2) is 0 Å². The molecule has 0 aliphatic heterocycles. The third-order valence-electron chi connectivity index (χ3n) is 2.47. The summed E-state index contributed by atoms with van der Waals surface area (Å²) in [5.41, 5.74) is 0.835. The average Bonchev–Trinajstić information content (AvgIpc) is 2.85. The molecule has 18 heavy (non-hydrogen) atoms. The summed E-state index contributed by atoms with van der Waals surface area (Å²) < 4.78 is 1.57. The lowest BCUT2D eigenvalue weighted by Gasteiger charge is -2.08. The van der Waals surface area contributed by atoms with Crippen molar-refractivity contribution in [1.29, 1.82) is 0 Å². The van der Waals surface area contributed by atoms with Crippen molar-refractivity contribution >= 4 is 5.97 Å². The molecular formula is C11H13N5O2. The van der Waals surface area contributed by atoms with Crippen LogP contribution in [0.5, 0.6) is 0 Å². The molecule has 0 amide bonds. The number of aromatic nitrogens is 4. The van der Waals surface area contributed by atoms with Crippen molar-refractivity contribution in [2.45, 2.75) is 19.5 Å². The lowest BCUT2D eigenvalue weighted by molar-refractivity contribution is -0.139. The zero-order valence-electron chi connectivity index (χ0n) is 9.82. The number of tetrazole rings is 1. The van der Waals surface area contributed by atoms with Gasteiger partial charge in [0.25, 0.3) is 0 Å². The Hall–Kier alpha value is -2.28. The van der Waals surface area contributed by atoms with Gasteiger partial charge in [-0.2, -0.15) is 4.68 Å². The molecule has 0 fully saturated rings. The average molecular weight is 247 g/mol. The Morgan fingerprint density at radius 2 is 2.17 bits per heavy atom. The Labute approximate surface area is 103 Å². The summed E-state index contributed by atoms with van der Waals surface area (Å²) in [6.45, 7) is 1.86. The second-order valence-electron chi connectivity index (χ2n) is 3.78. The van der Waals surface area contributed by atoms with E-state index in [0.29, 0.717) is 5.82 Å². The molecule has 0 aliphatic rings. The van der Waals surface area contributed by atoms with Gasteiger partial charge in [0.2, 0.25) is 0 Å². The maximum atomic E-state index is 10.7. The van der Waals surface area contributed by atoms with Gasteiger partial charge in [-0.05, 0) is 29.5 Å². The highest BCUT2D eigenvalue weighted by atomic mass is 16.4.